The van der Waals surface area contributed by atoms with Crippen molar-refractivity contribution in [3.05, 3.63) is 37.9 Å². The van der Waals surface area contributed by atoms with E-state index in [0.717, 1.165) is 24.5 Å². The van der Waals surface area contributed by atoms with Crippen molar-refractivity contribution >= 4 is 58.6 Å². The minimum absolute atomic E-state index is 0.842. The van der Waals surface area contributed by atoms with Gasteiger partial charge in [-0.2, -0.15) is 0 Å². The van der Waals surface area contributed by atoms with E-state index in [4.69, 9.17) is 0 Å². The number of aromatic nitrogens is 1. The number of hydrogen-bond donors (Lipinski definition) is 0. The Morgan fingerprint density at radius 1 is 1.00 bits per heavy atom. The van der Waals surface area contributed by atoms with E-state index in [2.05, 4.69) is 58.8 Å². The second-order valence-corrected chi connectivity index (χ2v) is 5.08. The Morgan fingerprint density at radius 2 is 1.77 bits per heavy atom. The second kappa shape index (κ2) is 3.67. The van der Waals surface area contributed by atoms with Crippen molar-refractivity contribution in [3.8, 4) is 0 Å². The number of fused-ring (bicyclic) bond motifs is 1. The van der Waals surface area contributed by atoms with Gasteiger partial charge in [0.2, 0.25) is 0 Å². The van der Waals surface area contributed by atoms with E-state index in [1.165, 1.54) is 0 Å². The van der Waals surface area contributed by atoms with Crippen molar-refractivity contribution < 1.29 is 0 Å². The van der Waals surface area contributed by atoms with Crippen molar-refractivity contribution in [2.75, 3.05) is 0 Å². The van der Waals surface area contributed by atoms with E-state index < -0.39 is 0 Å². The highest BCUT2D eigenvalue weighted by molar-refractivity contribution is 9.11. The summed E-state index contributed by atoms with van der Waals surface area (Å²) in [6, 6.07) is 8.10. The summed E-state index contributed by atoms with van der Waals surface area (Å²) in [5, 5.41) is 2.27. The van der Waals surface area contributed by atoms with Crippen molar-refractivity contribution in [2.24, 2.45) is 0 Å². The third-order valence-corrected chi connectivity index (χ3v) is 3.22. The molecule has 1 aromatic carbocycles. The Balaban J connectivity index is 2.87. The maximum Gasteiger partial charge on any atom is 0.115 e. The molecule has 0 aliphatic heterocycles. The molecule has 2 aromatic rings. The first-order valence-electron chi connectivity index (χ1n) is 3.58. The topological polar surface area (TPSA) is 12.9 Å². The van der Waals surface area contributed by atoms with Gasteiger partial charge in [0.25, 0.3) is 0 Å². The fraction of sp³-hybridized carbons (Fsp3) is 0. The van der Waals surface area contributed by atoms with Gasteiger partial charge >= 0.3 is 0 Å². The van der Waals surface area contributed by atoms with Crippen LogP contribution in [0.5, 0.6) is 0 Å². The summed E-state index contributed by atoms with van der Waals surface area (Å²) in [7, 11) is 0. The van der Waals surface area contributed by atoms with Crippen LogP contribution >= 0.6 is 47.8 Å². The van der Waals surface area contributed by atoms with Crippen molar-refractivity contribution in [1.29, 1.82) is 0 Å². The molecule has 0 aliphatic carbocycles. The molecule has 1 nitrogen and oxygen atoms in total. The smallest absolute Gasteiger partial charge is 0.115 e. The first-order chi connectivity index (χ1) is 6.16. The predicted molar refractivity (Wildman–Crippen MR) is 64.8 cm³/mol. The zero-order chi connectivity index (χ0) is 9.42. The molecule has 1 heterocycles. The lowest BCUT2D eigenvalue weighted by atomic mass is 10.2. The summed E-state index contributed by atoms with van der Waals surface area (Å²) in [4.78, 5) is 4.26. The molecule has 0 fully saturated rings. The number of pyridine rings is 1. The lowest BCUT2D eigenvalue weighted by molar-refractivity contribution is 1.26. The van der Waals surface area contributed by atoms with Crippen molar-refractivity contribution in [3.63, 3.8) is 0 Å². The van der Waals surface area contributed by atoms with Crippen LogP contribution in [0.3, 0.4) is 0 Å². The standard InChI is InChI=1S/C9H4Br3N/c10-6-2-1-5-3-8(11)13-9(12)7(5)4-6/h1-4H. The van der Waals surface area contributed by atoms with Gasteiger partial charge in [0.15, 0.2) is 0 Å². The Hall–Kier alpha value is 0.0700. The first kappa shape index (κ1) is 9.62. The number of halogens is 3. The van der Waals surface area contributed by atoms with Crippen LogP contribution in [0.25, 0.3) is 10.8 Å². The van der Waals surface area contributed by atoms with E-state index in [9.17, 15) is 0 Å². The zero-order valence-corrected chi connectivity index (χ0v) is 11.1. The third-order valence-electron chi connectivity index (χ3n) is 1.72. The summed E-state index contributed by atoms with van der Waals surface area (Å²) < 4.78 is 2.76. The average molecular weight is 366 g/mol. The molecule has 0 spiro atoms. The lowest BCUT2D eigenvalue weighted by Gasteiger charge is -2.01. The van der Waals surface area contributed by atoms with Crippen LogP contribution < -0.4 is 0 Å². The zero-order valence-electron chi connectivity index (χ0n) is 6.39. The molecular formula is C9H4Br3N. The summed E-state index contributed by atoms with van der Waals surface area (Å²) in [5.74, 6) is 0. The third kappa shape index (κ3) is 1.95. The maximum atomic E-state index is 4.26. The van der Waals surface area contributed by atoms with Gasteiger partial charge in [-0.05, 0) is 55.4 Å². The molecule has 0 unspecified atom stereocenters. The molecule has 13 heavy (non-hydrogen) atoms. The number of rotatable bonds is 0. The molecule has 0 amide bonds. The van der Waals surface area contributed by atoms with Crippen LogP contribution in [-0.4, -0.2) is 4.98 Å². The highest BCUT2D eigenvalue weighted by atomic mass is 79.9. The van der Waals surface area contributed by atoms with E-state index >= 15 is 0 Å². The number of nitrogens with zero attached hydrogens (tertiary/aromatic N) is 1. The van der Waals surface area contributed by atoms with Crippen LogP contribution in [0.1, 0.15) is 0 Å². The molecular weight excluding hydrogens is 362 g/mol. The minimum Gasteiger partial charge on any atom is -0.233 e. The van der Waals surface area contributed by atoms with Gasteiger partial charge in [-0.25, -0.2) is 4.98 Å². The van der Waals surface area contributed by atoms with Crippen LogP contribution in [0, 0.1) is 0 Å². The summed E-state index contributed by atoms with van der Waals surface area (Å²) in [6.07, 6.45) is 0. The van der Waals surface area contributed by atoms with Gasteiger partial charge in [-0.15, -0.1) is 0 Å². The minimum atomic E-state index is 0.842. The van der Waals surface area contributed by atoms with Gasteiger partial charge in [-0.1, -0.05) is 22.0 Å². The van der Waals surface area contributed by atoms with Crippen LogP contribution in [-0.2, 0) is 0 Å². The number of benzene rings is 1. The molecule has 2 rings (SSSR count). The molecule has 0 saturated heterocycles. The Morgan fingerprint density at radius 3 is 2.54 bits per heavy atom. The molecule has 0 N–H and O–H groups in total. The van der Waals surface area contributed by atoms with E-state index in [1.54, 1.807) is 0 Å². The molecule has 4 heteroatoms. The Bertz CT molecular complexity index is 468. The van der Waals surface area contributed by atoms with Gasteiger partial charge in [0, 0.05) is 9.86 Å². The number of hydrogen-bond acceptors (Lipinski definition) is 1. The highest BCUT2D eigenvalue weighted by Crippen LogP contribution is 2.27. The van der Waals surface area contributed by atoms with Gasteiger partial charge in [-0.3, -0.25) is 0 Å². The lowest BCUT2D eigenvalue weighted by Crippen LogP contribution is -1.81. The molecule has 0 bridgehead atoms. The van der Waals surface area contributed by atoms with Gasteiger partial charge in [0.1, 0.15) is 9.21 Å². The molecule has 0 saturated carbocycles. The van der Waals surface area contributed by atoms with E-state index in [0.29, 0.717) is 0 Å². The SMILES string of the molecule is Brc1ccc2cc(Br)nc(Br)c2c1. The molecule has 0 aliphatic rings. The molecule has 0 radical (unpaired) electrons. The fourth-order valence-corrected chi connectivity index (χ4v) is 2.71. The predicted octanol–water partition coefficient (Wildman–Crippen LogP) is 4.52. The van der Waals surface area contributed by atoms with Gasteiger partial charge < -0.3 is 0 Å². The quantitative estimate of drug-likeness (QED) is 0.625. The average Bonchev–Trinajstić information content (AvgIpc) is 2.06. The largest absolute Gasteiger partial charge is 0.233 e. The van der Waals surface area contributed by atoms with Crippen molar-refractivity contribution in [1.82, 2.24) is 4.98 Å². The molecule has 66 valence electrons. The van der Waals surface area contributed by atoms with Crippen molar-refractivity contribution in [2.45, 2.75) is 0 Å². The fourth-order valence-electron chi connectivity index (χ4n) is 1.15. The summed E-state index contributed by atoms with van der Waals surface area (Å²) in [5.41, 5.74) is 0. The molecule has 1 aromatic heterocycles. The Kier molecular flexibility index (Phi) is 2.72. The maximum absolute atomic E-state index is 4.26. The second-order valence-electron chi connectivity index (χ2n) is 2.60. The van der Waals surface area contributed by atoms with E-state index in [1.807, 2.05) is 18.2 Å². The Labute approximate surface area is 101 Å². The summed E-state index contributed by atoms with van der Waals surface area (Å²) >= 11 is 10.2. The molecule has 0 atom stereocenters. The van der Waals surface area contributed by atoms with E-state index in [-0.39, 0.29) is 0 Å². The van der Waals surface area contributed by atoms with Crippen LogP contribution in [0.15, 0.2) is 37.9 Å². The first-order valence-corrected chi connectivity index (χ1v) is 5.96. The van der Waals surface area contributed by atoms with Crippen LogP contribution in [0.4, 0.5) is 0 Å². The van der Waals surface area contributed by atoms with Gasteiger partial charge in [0.05, 0.1) is 0 Å². The normalized spacial score (nSPS) is 10.7. The highest BCUT2D eigenvalue weighted by Gasteiger charge is 2.02. The monoisotopic (exact) mass is 363 g/mol. The van der Waals surface area contributed by atoms with Crippen LogP contribution in [0.2, 0.25) is 0 Å². The summed E-state index contributed by atoms with van der Waals surface area (Å²) in [6.45, 7) is 0.